The van der Waals surface area contributed by atoms with Crippen molar-refractivity contribution in [2.75, 3.05) is 17.5 Å². The molecule has 0 unspecified atom stereocenters. The van der Waals surface area contributed by atoms with Crippen LogP contribution in [0.25, 0.3) is 0 Å². The molecule has 0 amide bonds. The van der Waals surface area contributed by atoms with Crippen LogP contribution in [0.1, 0.15) is 45.4 Å². The van der Waals surface area contributed by atoms with Gasteiger partial charge in [-0.05, 0) is 12.2 Å². The number of unbranched alkanes of at least 4 members (excludes halogenated alkanes) is 5. The summed E-state index contributed by atoms with van der Waals surface area (Å²) in [6.07, 6.45) is 8.19. The molecule has 3 heteroatoms. The average molecular weight is 257 g/mol. The van der Waals surface area contributed by atoms with Crippen molar-refractivity contribution < 1.29 is 0 Å². The molecule has 14 heavy (non-hydrogen) atoms. The lowest BCUT2D eigenvalue weighted by atomic mass is 10.1. The number of rotatable bonds is 10. The maximum Gasteiger partial charge on any atom is 0.0354 e. The number of hydrogen-bond donors (Lipinski definition) is 0. The largest absolute Gasteiger partial charge is 0.156 e. The van der Waals surface area contributed by atoms with Crippen LogP contribution in [0, 0.1) is 0 Å². The monoisotopic (exact) mass is 256 g/mol. The first-order chi connectivity index (χ1) is 6.85. The van der Waals surface area contributed by atoms with Crippen LogP contribution >= 0.6 is 35.0 Å². The van der Waals surface area contributed by atoms with Gasteiger partial charge in [0, 0.05) is 17.0 Å². The van der Waals surface area contributed by atoms with Gasteiger partial charge in [-0.1, -0.05) is 39.0 Å². The molecular formula is C11H22Cl2S. The van der Waals surface area contributed by atoms with E-state index in [1.54, 1.807) is 0 Å². The number of thioether (sulfide) groups is 1. The highest BCUT2D eigenvalue weighted by molar-refractivity contribution is 8.00. The lowest BCUT2D eigenvalue weighted by Gasteiger charge is -2.08. The van der Waals surface area contributed by atoms with Gasteiger partial charge in [-0.3, -0.25) is 0 Å². The van der Waals surface area contributed by atoms with Gasteiger partial charge in [0.15, 0.2) is 0 Å². The van der Waals surface area contributed by atoms with Crippen LogP contribution in [-0.2, 0) is 0 Å². The molecule has 0 atom stereocenters. The Balaban J connectivity index is 3.04. The second-order valence-corrected chi connectivity index (χ2v) is 5.59. The molecule has 0 saturated heterocycles. The first kappa shape index (κ1) is 14.9. The fourth-order valence-corrected chi connectivity index (χ4v) is 3.01. The molecule has 0 aliphatic carbocycles. The third kappa shape index (κ3) is 9.48. The first-order valence-corrected chi connectivity index (χ1v) is 7.70. The van der Waals surface area contributed by atoms with Crippen molar-refractivity contribution in [1.29, 1.82) is 0 Å². The van der Waals surface area contributed by atoms with Gasteiger partial charge < -0.3 is 0 Å². The SMILES string of the molecule is CCCCCCCCSC(CCl)CCl. The molecule has 0 heterocycles. The van der Waals surface area contributed by atoms with Gasteiger partial charge in [-0.25, -0.2) is 0 Å². The van der Waals surface area contributed by atoms with Crippen molar-refractivity contribution in [1.82, 2.24) is 0 Å². The summed E-state index contributed by atoms with van der Waals surface area (Å²) in [6, 6.07) is 0. The summed E-state index contributed by atoms with van der Waals surface area (Å²) in [6.45, 7) is 2.25. The molecule has 0 N–H and O–H groups in total. The van der Waals surface area contributed by atoms with Crippen LogP contribution < -0.4 is 0 Å². The maximum absolute atomic E-state index is 5.74. The van der Waals surface area contributed by atoms with E-state index in [-0.39, 0.29) is 0 Å². The van der Waals surface area contributed by atoms with Crippen LogP contribution in [-0.4, -0.2) is 22.8 Å². The van der Waals surface area contributed by atoms with E-state index in [9.17, 15) is 0 Å². The Morgan fingerprint density at radius 1 is 0.929 bits per heavy atom. The zero-order valence-corrected chi connectivity index (χ0v) is 11.4. The minimum atomic E-state index is 0.453. The number of hydrogen-bond acceptors (Lipinski definition) is 1. The minimum Gasteiger partial charge on any atom is -0.156 e. The van der Waals surface area contributed by atoms with E-state index in [2.05, 4.69) is 6.92 Å². The Labute approximate surface area is 103 Å². The molecule has 0 nitrogen and oxygen atoms in total. The normalized spacial score (nSPS) is 11.1. The molecule has 0 spiro atoms. The first-order valence-electron chi connectivity index (χ1n) is 5.58. The van der Waals surface area contributed by atoms with Crippen LogP contribution in [0.3, 0.4) is 0 Å². The molecule has 0 rings (SSSR count). The summed E-state index contributed by atoms with van der Waals surface area (Å²) in [4.78, 5) is 0. The quantitative estimate of drug-likeness (QED) is 0.395. The number of halogens is 2. The summed E-state index contributed by atoms with van der Waals surface area (Å²) in [7, 11) is 0. The summed E-state index contributed by atoms with van der Waals surface area (Å²) in [5, 5.41) is 0.453. The van der Waals surface area contributed by atoms with Gasteiger partial charge in [0.2, 0.25) is 0 Å². The molecule has 0 bridgehead atoms. The van der Waals surface area contributed by atoms with E-state index in [1.807, 2.05) is 11.8 Å². The fraction of sp³-hybridized carbons (Fsp3) is 1.00. The second kappa shape index (κ2) is 12.0. The zero-order valence-electron chi connectivity index (χ0n) is 9.11. The molecule has 0 saturated carbocycles. The lowest BCUT2D eigenvalue weighted by molar-refractivity contribution is 0.627. The summed E-state index contributed by atoms with van der Waals surface area (Å²) >= 11 is 13.4. The highest BCUT2D eigenvalue weighted by atomic mass is 35.5. The smallest absolute Gasteiger partial charge is 0.0354 e. The van der Waals surface area contributed by atoms with E-state index < -0.39 is 0 Å². The topological polar surface area (TPSA) is 0 Å². The Kier molecular flexibility index (Phi) is 12.8. The summed E-state index contributed by atoms with van der Waals surface area (Å²) < 4.78 is 0. The highest BCUT2D eigenvalue weighted by Crippen LogP contribution is 2.17. The summed E-state index contributed by atoms with van der Waals surface area (Å²) in [5.41, 5.74) is 0. The van der Waals surface area contributed by atoms with Crippen LogP contribution in [0.15, 0.2) is 0 Å². The van der Waals surface area contributed by atoms with E-state index in [0.717, 1.165) is 0 Å². The standard InChI is InChI=1S/C11H22Cl2S/c1-2-3-4-5-6-7-8-14-11(9-12)10-13/h11H,2-10H2,1H3. The molecule has 0 aromatic heterocycles. The summed E-state index contributed by atoms with van der Waals surface area (Å²) in [5.74, 6) is 2.59. The average Bonchev–Trinajstić information content (AvgIpc) is 2.22. The van der Waals surface area contributed by atoms with Gasteiger partial charge in [0.25, 0.3) is 0 Å². The third-order valence-corrected chi connectivity index (χ3v) is 4.64. The fourth-order valence-electron chi connectivity index (χ4n) is 1.26. The minimum absolute atomic E-state index is 0.453. The van der Waals surface area contributed by atoms with Gasteiger partial charge in [0.1, 0.15) is 0 Å². The molecule has 0 aliphatic heterocycles. The van der Waals surface area contributed by atoms with E-state index in [4.69, 9.17) is 23.2 Å². The molecule has 86 valence electrons. The van der Waals surface area contributed by atoms with Crippen molar-refractivity contribution in [3.8, 4) is 0 Å². The van der Waals surface area contributed by atoms with Gasteiger partial charge >= 0.3 is 0 Å². The Morgan fingerprint density at radius 2 is 1.50 bits per heavy atom. The molecule has 0 aromatic carbocycles. The second-order valence-electron chi connectivity index (χ2n) is 3.57. The molecule has 0 radical (unpaired) electrons. The predicted octanol–water partition coefficient (Wildman–Crippen LogP) is 4.93. The molecular weight excluding hydrogens is 235 g/mol. The van der Waals surface area contributed by atoms with Gasteiger partial charge in [-0.15, -0.1) is 23.2 Å². The van der Waals surface area contributed by atoms with Gasteiger partial charge in [0.05, 0.1) is 0 Å². The van der Waals surface area contributed by atoms with Crippen LogP contribution in [0.2, 0.25) is 0 Å². The van der Waals surface area contributed by atoms with E-state index in [0.29, 0.717) is 17.0 Å². The van der Waals surface area contributed by atoms with Crippen molar-refractivity contribution in [2.24, 2.45) is 0 Å². The van der Waals surface area contributed by atoms with Crippen molar-refractivity contribution in [2.45, 2.75) is 50.7 Å². The van der Waals surface area contributed by atoms with Crippen molar-refractivity contribution in [3.63, 3.8) is 0 Å². The lowest BCUT2D eigenvalue weighted by Crippen LogP contribution is -2.06. The Hall–Kier alpha value is 0.930. The number of alkyl halides is 2. The Morgan fingerprint density at radius 3 is 2.07 bits per heavy atom. The van der Waals surface area contributed by atoms with E-state index in [1.165, 1.54) is 44.3 Å². The maximum atomic E-state index is 5.74. The van der Waals surface area contributed by atoms with Crippen LogP contribution in [0.4, 0.5) is 0 Å². The molecule has 0 aliphatic rings. The van der Waals surface area contributed by atoms with E-state index >= 15 is 0 Å². The molecule has 0 aromatic rings. The van der Waals surface area contributed by atoms with Crippen molar-refractivity contribution in [3.05, 3.63) is 0 Å². The molecule has 0 fully saturated rings. The highest BCUT2D eigenvalue weighted by Gasteiger charge is 2.04. The van der Waals surface area contributed by atoms with Crippen molar-refractivity contribution >= 4 is 35.0 Å². The zero-order chi connectivity index (χ0) is 10.6. The Bertz CT molecular complexity index is 105. The predicted molar refractivity (Wildman–Crippen MR) is 71.1 cm³/mol. The van der Waals surface area contributed by atoms with Crippen LogP contribution in [0.5, 0.6) is 0 Å². The third-order valence-electron chi connectivity index (χ3n) is 2.20. The van der Waals surface area contributed by atoms with Gasteiger partial charge in [-0.2, -0.15) is 11.8 Å².